The third kappa shape index (κ3) is 5.80. The highest BCUT2D eigenvalue weighted by Gasteiger charge is 2.27. The van der Waals surface area contributed by atoms with Gasteiger partial charge in [-0.1, -0.05) is 13.3 Å². The van der Waals surface area contributed by atoms with Crippen molar-refractivity contribution in [1.82, 2.24) is 15.1 Å². The lowest BCUT2D eigenvalue weighted by Gasteiger charge is -2.35. The molecule has 6 nitrogen and oxygen atoms in total. The predicted molar refractivity (Wildman–Crippen MR) is 84.3 cm³/mol. The Morgan fingerprint density at radius 2 is 1.86 bits per heavy atom. The molecule has 1 heterocycles. The molecule has 2 rings (SSSR count). The number of carbonyl (C=O) groups excluding carboxylic acids is 2. The van der Waals surface area contributed by atoms with E-state index >= 15 is 0 Å². The fraction of sp³-hybridized carbons (Fsp3) is 0.857. The normalized spacial score (nSPS) is 20.6. The predicted octanol–water partition coefficient (Wildman–Crippen LogP) is -0.0416. The molecule has 1 saturated carbocycles. The SMILES string of the molecule is CCCC(N)C(=O)N1CCN(CC(=O)NC2CC2)CC1.Cl. The Morgan fingerprint density at radius 3 is 2.38 bits per heavy atom. The summed E-state index contributed by atoms with van der Waals surface area (Å²) in [6.45, 7) is 5.33. The minimum Gasteiger partial charge on any atom is -0.352 e. The van der Waals surface area contributed by atoms with Gasteiger partial charge in [0.2, 0.25) is 11.8 Å². The number of nitrogens with one attached hydrogen (secondary N) is 1. The molecule has 0 aromatic heterocycles. The van der Waals surface area contributed by atoms with Crippen molar-refractivity contribution < 1.29 is 9.59 Å². The molecule has 1 aliphatic carbocycles. The molecule has 0 radical (unpaired) electrons. The van der Waals surface area contributed by atoms with Crippen molar-refractivity contribution in [2.45, 2.75) is 44.7 Å². The Labute approximate surface area is 132 Å². The van der Waals surface area contributed by atoms with Crippen LogP contribution in [-0.4, -0.2) is 66.4 Å². The highest BCUT2D eigenvalue weighted by atomic mass is 35.5. The second-order valence-electron chi connectivity index (χ2n) is 5.84. The average Bonchev–Trinajstić information content (AvgIpc) is 3.23. The van der Waals surface area contributed by atoms with Crippen LogP contribution >= 0.6 is 12.4 Å². The molecule has 122 valence electrons. The average molecular weight is 319 g/mol. The molecule has 0 bridgehead atoms. The molecule has 0 spiro atoms. The molecule has 2 aliphatic rings. The molecule has 1 atom stereocenters. The van der Waals surface area contributed by atoms with Crippen LogP contribution in [0, 0.1) is 0 Å². The van der Waals surface area contributed by atoms with Gasteiger partial charge < -0.3 is 16.0 Å². The fourth-order valence-corrected chi connectivity index (χ4v) is 2.50. The fourth-order valence-electron chi connectivity index (χ4n) is 2.50. The van der Waals surface area contributed by atoms with Gasteiger partial charge in [-0.3, -0.25) is 14.5 Å². The zero-order valence-electron chi connectivity index (χ0n) is 12.7. The number of hydrogen-bond donors (Lipinski definition) is 2. The van der Waals surface area contributed by atoms with Gasteiger partial charge in [-0.25, -0.2) is 0 Å². The standard InChI is InChI=1S/C14H26N4O2.ClH/c1-2-3-12(15)14(20)18-8-6-17(7-9-18)10-13(19)16-11-4-5-11;/h11-12H,2-10,15H2,1H3,(H,16,19);1H. The van der Waals surface area contributed by atoms with E-state index in [1.54, 1.807) is 0 Å². The number of hydrogen-bond acceptors (Lipinski definition) is 4. The zero-order chi connectivity index (χ0) is 14.5. The summed E-state index contributed by atoms with van der Waals surface area (Å²) in [4.78, 5) is 27.7. The Balaban J connectivity index is 0.00000220. The lowest BCUT2D eigenvalue weighted by molar-refractivity contribution is -0.134. The van der Waals surface area contributed by atoms with E-state index in [-0.39, 0.29) is 30.3 Å². The summed E-state index contributed by atoms with van der Waals surface area (Å²) in [5.41, 5.74) is 5.87. The zero-order valence-corrected chi connectivity index (χ0v) is 13.5. The summed E-state index contributed by atoms with van der Waals surface area (Å²) in [5.74, 6) is 0.156. The van der Waals surface area contributed by atoms with E-state index < -0.39 is 0 Å². The Kier molecular flexibility index (Phi) is 7.42. The summed E-state index contributed by atoms with van der Waals surface area (Å²) in [6.07, 6.45) is 3.89. The number of amides is 2. The number of nitrogens with zero attached hydrogens (tertiary/aromatic N) is 2. The van der Waals surface area contributed by atoms with Crippen LogP contribution in [0.1, 0.15) is 32.6 Å². The van der Waals surface area contributed by atoms with E-state index in [2.05, 4.69) is 10.2 Å². The van der Waals surface area contributed by atoms with Crippen molar-refractivity contribution in [3.8, 4) is 0 Å². The molecule has 2 amide bonds. The molecule has 1 saturated heterocycles. The van der Waals surface area contributed by atoms with Gasteiger partial charge in [0.05, 0.1) is 12.6 Å². The van der Waals surface area contributed by atoms with Crippen molar-refractivity contribution in [1.29, 1.82) is 0 Å². The van der Waals surface area contributed by atoms with E-state index in [0.29, 0.717) is 25.7 Å². The molecule has 3 N–H and O–H groups in total. The minimum atomic E-state index is -0.371. The van der Waals surface area contributed by atoms with Crippen LogP contribution in [0.3, 0.4) is 0 Å². The van der Waals surface area contributed by atoms with Gasteiger partial charge in [0.1, 0.15) is 0 Å². The first-order chi connectivity index (χ1) is 9.60. The monoisotopic (exact) mass is 318 g/mol. The first kappa shape index (κ1) is 18.2. The third-order valence-corrected chi connectivity index (χ3v) is 3.91. The second kappa shape index (κ2) is 8.56. The van der Waals surface area contributed by atoms with Crippen LogP contribution in [0.2, 0.25) is 0 Å². The number of carbonyl (C=O) groups is 2. The van der Waals surface area contributed by atoms with E-state index in [1.807, 2.05) is 11.8 Å². The maximum absolute atomic E-state index is 12.1. The summed E-state index contributed by atoms with van der Waals surface area (Å²) in [5, 5.41) is 2.99. The third-order valence-electron chi connectivity index (χ3n) is 3.91. The van der Waals surface area contributed by atoms with E-state index in [9.17, 15) is 9.59 Å². The maximum atomic E-state index is 12.1. The Bertz CT molecular complexity index is 355. The number of piperazine rings is 1. The van der Waals surface area contributed by atoms with Crippen molar-refractivity contribution in [3.63, 3.8) is 0 Å². The van der Waals surface area contributed by atoms with Gasteiger partial charge in [-0.2, -0.15) is 0 Å². The summed E-state index contributed by atoms with van der Waals surface area (Å²) >= 11 is 0. The molecule has 21 heavy (non-hydrogen) atoms. The van der Waals surface area contributed by atoms with Crippen LogP contribution < -0.4 is 11.1 Å². The molecule has 7 heteroatoms. The summed E-state index contributed by atoms with van der Waals surface area (Å²) < 4.78 is 0. The smallest absolute Gasteiger partial charge is 0.239 e. The molecule has 1 unspecified atom stereocenters. The highest BCUT2D eigenvalue weighted by molar-refractivity contribution is 5.85. The number of nitrogens with two attached hydrogens (primary N) is 1. The van der Waals surface area contributed by atoms with Crippen LogP contribution in [0.4, 0.5) is 0 Å². The van der Waals surface area contributed by atoms with Crippen molar-refractivity contribution >= 4 is 24.2 Å². The largest absolute Gasteiger partial charge is 0.352 e. The van der Waals surface area contributed by atoms with Gasteiger partial charge in [-0.05, 0) is 19.3 Å². The first-order valence-electron chi connectivity index (χ1n) is 7.66. The minimum absolute atomic E-state index is 0. The van der Waals surface area contributed by atoms with Crippen LogP contribution in [0.5, 0.6) is 0 Å². The van der Waals surface area contributed by atoms with Crippen LogP contribution in [0.25, 0.3) is 0 Å². The van der Waals surface area contributed by atoms with Crippen molar-refractivity contribution in [2.75, 3.05) is 32.7 Å². The van der Waals surface area contributed by atoms with Gasteiger partial charge in [0, 0.05) is 32.2 Å². The molecule has 1 aliphatic heterocycles. The van der Waals surface area contributed by atoms with E-state index in [1.165, 1.54) is 0 Å². The van der Waals surface area contributed by atoms with Gasteiger partial charge in [-0.15, -0.1) is 12.4 Å². The first-order valence-corrected chi connectivity index (χ1v) is 7.66. The van der Waals surface area contributed by atoms with Crippen molar-refractivity contribution in [2.24, 2.45) is 5.73 Å². The van der Waals surface area contributed by atoms with E-state index in [4.69, 9.17) is 5.73 Å². The van der Waals surface area contributed by atoms with Crippen molar-refractivity contribution in [3.05, 3.63) is 0 Å². The quantitative estimate of drug-likeness (QED) is 0.720. The van der Waals surface area contributed by atoms with Gasteiger partial charge in [0.25, 0.3) is 0 Å². The van der Waals surface area contributed by atoms with Gasteiger partial charge in [0.15, 0.2) is 0 Å². The van der Waals surface area contributed by atoms with E-state index in [0.717, 1.165) is 38.8 Å². The molecular formula is C14H27ClN4O2. The Morgan fingerprint density at radius 1 is 1.24 bits per heavy atom. The lowest BCUT2D eigenvalue weighted by atomic mass is 10.1. The van der Waals surface area contributed by atoms with Crippen LogP contribution in [-0.2, 0) is 9.59 Å². The maximum Gasteiger partial charge on any atom is 0.239 e. The number of halogens is 1. The molecular weight excluding hydrogens is 292 g/mol. The molecule has 0 aromatic rings. The lowest BCUT2D eigenvalue weighted by Crippen LogP contribution is -2.54. The molecule has 2 fully saturated rings. The molecule has 0 aromatic carbocycles. The summed E-state index contributed by atoms with van der Waals surface area (Å²) in [7, 11) is 0. The summed E-state index contributed by atoms with van der Waals surface area (Å²) in [6, 6.07) is 0.0436. The van der Waals surface area contributed by atoms with Gasteiger partial charge >= 0.3 is 0 Å². The number of rotatable bonds is 6. The topological polar surface area (TPSA) is 78.7 Å². The highest BCUT2D eigenvalue weighted by Crippen LogP contribution is 2.18. The Hall–Kier alpha value is -0.850. The van der Waals surface area contributed by atoms with Crippen LogP contribution in [0.15, 0.2) is 0 Å². The second-order valence-corrected chi connectivity index (χ2v) is 5.84.